The van der Waals surface area contributed by atoms with Crippen molar-refractivity contribution in [2.75, 3.05) is 6.54 Å². The molecule has 14 heteroatoms. The van der Waals surface area contributed by atoms with E-state index < -0.39 is 49.9 Å². The number of halogens is 2. The van der Waals surface area contributed by atoms with Crippen molar-refractivity contribution in [1.82, 2.24) is 10.6 Å². The molecule has 1 amide bonds. The number of carbonyl (C=O) groups excluding carboxylic acids is 1. The minimum absolute atomic E-state index is 0.0940. The Morgan fingerprint density at radius 2 is 1.71 bits per heavy atom. The Balaban J connectivity index is 2.36. The molecule has 0 fully saturated rings. The number of alkyl halides is 2. The molecule has 0 bridgehead atoms. The molecular formula is C21H22F2N4O6S2. The number of hydrogen-bond donors (Lipinski definition) is 2. The van der Waals surface area contributed by atoms with Gasteiger partial charge in [-0.1, -0.05) is 36.4 Å². The van der Waals surface area contributed by atoms with E-state index in [2.05, 4.69) is 19.8 Å². The van der Waals surface area contributed by atoms with Crippen molar-refractivity contribution in [3.8, 4) is 11.8 Å². The molecule has 1 unspecified atom stereocenters. The third-order valence-corrected chi connectivity index (χ3v) is 7.63. The Hall–Kier alpha value is -3.57. The Kier molecular flexibility index (Phi) is 9.67. The van der Waals surface area contributed by atoms with Crippen LogP contribution in [0.1, 0.15) is 18.9 Å². The molecule has 0 radical (unpaired) electrons. The number of hydrogen-bond acceptors (Lipinski definition) is 7. The highest BCUT2D eigenvalue weighted by Gasteiger charge is 2.30. The normalized spacial score (nSPS) is 13.1. The molecule has 2 aromatic rings. The largest absolute Gasteiger partial charge is 0.435 e. The molecule has 2 rings (SSSR count). The summed E-state index contributed by atoms with van der Waals surface area (Å²) in [5.74, 6) is -2.32. The lowest BCUT2D eigenvalue weighted by Crippen LogP contribution is -2.44. The summed E-state index contributed by atoms with van der Waals surface area (Å²) >= 11 is 0. The van der Waals surface area contributed by atoms with Crippen LogP contribution in [0.25, 0.3) is 0 Å². The molecule has 2 aromatic carbocycles. The van der Waals surface area contributed by atoms with Gasteiger partial charge in [-0.25, -0.2) is 8.42 Å². The quantitative estimate of drug-likeness (QED) is 0.255. The van der Waals surface area contributed by atoms with Crippen LogP contribution in [0.4, 0.5) is 8.78 Å². The van der Waals surface area contributed by atoms with Crippen LogP contribution in [-0.2, 0) is 30.4 Å². The van der Waals surface area contributed by atoms with Crippen molar-refractivity contribution in [3.05, 3.63) is 60.2 Å². The van der Waals surface area contributed by atoms with Crippen LogP contribution in [0, 0.1) is 11.3 Å². The van der Waals surface area contributed by atoms with Gasteiger partial charge in [0.1, 0.15) is 23.5 Å². The number of amides is 1. The standard InChI is InChI=1S/C21H22F2N4O6S2/c1-15(27-35(31,32)17-8-3-2-4-9-17)26-20(13-19(28)25-12-11-24)34(29,30)14-16-7-5-6-10-18(16)33-21(22)23/h2-10,20-21H,12-14H2,1H3,(H,25,28)(H,26,27). The Morgan fingerprint density at radius 1 is 1.09 bits per heavy atom. The minimum atomic E-state index is -4.32. The van der Waals surface area contributed by atoms with Crippen LogP contribution < -0.4 is 15.4 Å². The molecule has 188 valence electrons. The number of para-hydroxylation sites is 1. The second-order valence-electron chi connectivity index (χ2n) is 7.03. The summed E-state index contributed by atoms with van der Waals surface area (Å²) in [6.07, 6.45) is -0.708. The molecule has 1 atom stereocenters. The molecule has 2 N–H and O–H groups in total. The first-order chi connectivity index (χ1) is 16.4. The average molecular weight is 529 g/mol. The van der Waals surface area contributed by atoms with Gasteiger partial charge < -0.3 is 15.4 Å². The van der Waals surface area contributed by atoms with E-state index in [0.29, 0.717) is 0 Å². The molecule has 0 saturated heterocycles. The first-order valence-corrected chi connectivity index (χ1v) is 13.1. The lowest BCUT2D eigenvalue weighted by molar-refractivity contribution is -0.120. The third kappa shape index (κ3) is 8.62. The molecule has 0 aliphatic rings. The van der Waals surface area contributed by atoms with Gasteiger partial charge in [-0.2, -0.15) is 22.5 Å². The van der Waals surface area contributed by atoms with Gasteiger partial charge in [0.2, 0.25) is 5.91 Å². The van der Waals surface area contributed by atoms with E-state index >= 15 is 0 Å². The number of nitriles is 1. The summed E-state index contributed by atoms with van der Waals surface area (Å²) in [4.78, 5) is 12.0. The number of ether oxygens (including phenoxy) is 1. The fourth-order valence-corrected chi connectivity index (χ4v) is 5.53. The maximum atomic E-state index is 13.2. The SMILES string of the molecule is CC(=NS(=O)(=O)c1ccccc1)NC(CC(=O)NCC#N)S(=O)(=O)Cc1ccccc1OC(F)F. The van der Waals surface area contributed by atoms with Crippen LogP contribution >= 0.6 is 0 Å². The molecular weight excluding hydrogens is 506 g/mol. The molecule has 10 nitrogen and oxygen atoms in total. The zero-order chi connectivity index (χ0) is 26.1. The van der Waals surface area contributed by atoms with Crippen LogP contribution in [-0.4, -0.2) is 47.1 Å². The number of sulfonamides is 1. The summed E-state index contributed by atoms with van der Waals surface area (Å²) < 4.78 is 84.7. The fraction of sp³-hybridized carbons (Fsp3) is 0.286. The van der Waals surface area contributed by atoms with Crippen LogP contribution in [0.3, 0.4) is 0 Å². The first kappa shape index (κ1) is 27.7. The van der Waals surface area contributed by atoms with E-state index in [4.69, 9.17) is 5.26 Å². The number of nitrogens with one attached hydrogen (secondary N) is 2. The summed E-state index contributed by atoms with van der Waals surface area (Å²) in [5.41, 5.74) is -0.0940. The highest BCUT2D eigenvalue weighted by atomic mass is 32.2. The monoisotopic (exact) mass is 528 g/mol. The minimum Gasteiger partial charge on any atom is -0.435 e. The van der Waals surface area contributed by atoms with Crippen molar-refractivity contribution in [2.24, 2.45) is 4.40 Å². The van der Waals surface area contributed by atoms with Crippen molar-refractivity contribution in [2.45, 2.75) is 36.0 Å². The van der Waals surface area contributed by atoms with E-state index in [0.717, 1.165) is 6.07 Å². The smallest absolute Gasteiger partial charge is 0.387 e. The number of sulfone groups is 1. The van der Waals surface area contributed by atoms with E-state index in [1.165, 1.54) is 49.4 Å². The molecule has 0 saturated carbocycles. The molecule has 0 spiro atoms. The number of carbonyl (C=O) groups is 1. The maximum absolute atomic E-state index is 13.2. The Bertz CT molecular complexity index is 1310. The van der Waals surface area contributed by atoms with Crippen LogP contribution in [0.2, 0.25) is 0 Å². The lowest BCUT2D eigenvalue weighted by atomic mass is 10.2. The van der Waals surface area contributed by atoms with Crippen molar-refractivity contribution >= 4 is 31.6 Å². The van der Waals surface area contributed by atoms with Gasteiger partial charge >= 0.3 is 6.61 Å². The molecule has 0 heterocycles. The zero-order valence-corrected chi connectivity index (χ0v) is 20.0. The van der Waals surface area contributed by atoms with Crippen LogP contribution in [0.15, 0.2) is 63.9 Å². The number of rotatable bonds is 11. The number of amidine groups is 1. The van der Waals surface area contributed by atoms with Gasteiger partial charge in [0.05, 0.1) is 23.1 Å². The Morgan fingerprint density at radius 3 is 2.34 bits per heavy atom. The average Bonchev–Trinajstić information content (AvgIpc) is 2.78. The van der Waals surface area contributed by atoms with Crippen molar-refractivity contribution in [1.29, 1.82) is 5.26 Å². The van der Waals surface area contributed by atoms with Crippen LogP contribution in [0.5, 0.6) is 5.75 Å². The van der Waals surface area contributed by atoms with E-state index in [-0.39, 0.29) is 28.6 Å². The fourth-order valence-electron chi connectivity index (χ4n) is 2.88. The summed E-state index contributed by atoms with van der Waals surface area (Å²) in [6.45, 7) is -2.38. The van der Waals surface area contributed by atoms with Gasteiger partial charge in [0.15, 0.2) is 9.84 Å². The van der Waals surface area contributed by atoms with Gasteiger partial charge in [-0.05, 0) is 25.1 Å². The molecule has 0 aromatic heterocycles. The van der Waals surface area contributed by atoms with Crippen molar-refractivity contribution < 1.29 is 35.1 Å². The number of benzene rings is 2. The van der Waals surface area contributed by atoms with Gasteiger partial charge in [0, 0.05) is 5.56 Å². The highest BCUT2D eigenvalue weighted by molar-refractivity contribution is 7.91. The lowest BCUT2D eigenvalue weighted by Gasteiger charge is -2.20. The van der Waals surface area contributed by atoms with Crippen molar-refractivity contribution in [3.63, 3.8) is 0 Å². The highest BCUT2D eigenvalue weighted by Crippen LogP contribution is 2.24. The molecule has 0 aliphatic heterocycles. The first-order valence-electron chi connectivity index (χ1n) is 9.95. The van der Waals surface area contributed by atoms with Gasteiger partial charge in [-0.15, -0.1) is 4.40 Å². The predicted molar refractivity (Wildman–Crippen MR) is 123 cm³/mol. The van der Waals surface area contributed by atoms with Gasteiger partial charge in [-0.3, -0.25) is 4.79 Å². The Labute approximate surface area is 201 Å². The van der Waals surface area contributed by atoms with E-state index in [1.54, 1.807) is 12.1 Å². The summed E-state index contributed by atoms with van der Waals surface area (Å²) in [7, 11) is -8.51. The topological polar surface area (TPSA) is 155 Å². The predicted octanol–water partition coefficient (Wildman–Crippen LogP) is 1.96. The zero-order valence-electron chi connectivity index (χ0n) is 18.4. The molecule has 0 aliphatic carbocycles. The van der Waals surface area contributed by atoms with E-state index in [9.17, 15) is 30.4 Å². The molecule has 35 heavy (non-hydrogen) atoms. The van der Waals surface area contributed by atoms with Gasteiger partial charge in [0.25, 0.3) is 10.0 Å². The summed E-state index contributed by atoms with van der Waals surface area (Å²) in [6, 6.07) is 14.1. The summed E-state index contributed by atoms with van der Waals surface area (Å²) in [5, 5.41) is 11.5. The maximum Gasteiger partial charge on any atom is 0.387 e. The second-order valence-corrected chi connectivity index (χ2v) is 10.8. The number of nitrogens with zero attached hydrogens (tertiary/aromatic N) is 2. The second kappa shape index (κ2) is 12.2. The third-order valence-electron chi connectivity index (χ3n) is 4.38. The van der Waals surface area contributed by atoms with E-state index in [1.807, 2.05) is 0 Å².